The van der Waals surface area contributed by atoms with Crippen LogP contribution in [0.1, 0.15) is 18.4 Å². The molecule has 15 heavy (non-hydrogen) atoms. The minimum Gasteiger partial charge on any atom is -0.472 e. The Hall–Kier alpha value is -1.29. The lowest BCUT2D eigenvalue weighted by Crippen LogP contribution is -2.43. The summed E-state index contributed by atoms with van der Waals surface area (Å²) in [6.07, 6.45) is 5.67. The number of furan rings is 1. The summed E-state index contributed by atoms with van der Waals surface area (Å²) in [5.41, 5.74) is 0.932. The Morgan fingerprint density at radius 2 is 2.33 bits per heavy atom. The largest absolute Gasteiger partial charge is 0.472 e. The molecule has 1 saturated heterocycles. The lowest BCUT2D eigenvalue weighted by Gasteiger charge is -2.23. The van der Waals surface area contributed by atoms with E-state index in [1.165, 1.54) is 0 Å². The molecule has 1 aromatic heterocycles. The molecule has 0 saturated carbocycles. The van der Waals surface area contributed by atoms with Crippen LogP contribution < -0.4 is 10.6 Å². The van der Waals surface area contributed by atoms with E-state index in [4.69, 9.17) is 4.42 Å². The molecule has 0 aromatic carbocycles. The quantitative estimate of drug-likeness (QED) is 0.768. The van der Waals surface area contributed by atoms with Crippen LogP contribution in [0.4, 0.5) is 0 Å². The molecule has 2 N–H and O–H groups in total. The first-order valence-electron chi connectivity index (χ1n) is 5.36. The van der Waals surface area contributed by atoms with Gasteiger partial charge < -0.3 is 15.1 Å². The molecular weight excluding hydrogens is 192 g/mol. The Labute approximate surface area is 89.0 Å². The van der Waals surface area contributed by atoms with Gasteiger partial charge >= 0.3 is 0 Å². The predicted octanol–water partition coefficient (Wildman–Crippen LogP) is 0.690. The second kappa shape index (κ2) is 4.98. The van der Waals surface area contributed by atoms with Gasteiger partial charge in [-0.3, -0.25) is 4.79 Å². The van der Waals surface area contributed by atoms with Crippen LogP contribution in [-0.4, -0.2) is 25.0 Å². The molecule has 0 bridgehead atoms. The molecule has 1 aromatic rings. The number of carbonyl (C=O) groups excluding carboxylic acids is 1. The lowest BCUT2D eigenvalue weighted by atomic mass is 10.1. The van der Waals surface area contributed by atoms with Gasteiger partial charge in [-0.1, -0.05) is 0 Å². The number of hydrogen-bond donors (Lipinski definition) is 2. The van der Waals surface area contributed by atoms with Crippen molar-refractivity contribution in [2.75, 3.05) is 13.1 Å². The summed E-state index contributed by atoms with van der Waals surface area (Å²) in [6.45, 7) is 1.99. The van der Waals surface area contributed by atoms with Gasteiger partial charge in [-0.2, -0.15) is 0 Å². The van der Waals surface area contributed by atoms with Crippen molar-refractivity contribution in [2.24, 2.45) is 0 Å². The number of nitrogens with one attached hydrogen (secondary N) is 2. The maximum Gasteiger partial charge on any atom is 0.224 e. The van der Waals surface area contributed by atoms with Crippen molar-refractivity contribution in [2.45, 2.75) is 25.3 Å². The average molecular weight is 208 g/mol. The highest BCUT2D eigenvalue weighted by molar-refractivity contribution is 5.78. The smallest absolute Gasteiger partial charge is 0.224 e. The standard InChI is InChI=1S/C11H16N2O2/c14-11(7-9-3-6-15-8-9)13-10-1-4-12-5-2-10/h3,6,8,10,12H,1-2,4-5,7H2,(H,13,14). The highest BCUT2D eigenvalue weighted by Crippen LogP contribution is 2.04. The van der Waals surface area contributed by atoms with Gasteiger partial charge in [-0.05, 0) is 37.6 Å². The molecule has 0 radical (unpaired) electrons. The van der Waals surface area contributed by atoms with E-state index in [1.807, 2.05) is 6.07 Å². The molecule has 1 aliphatic heterocycles. The first-order chi connectivity index (χ1) is 7.34. The molecule has 82 valence electrons. The Kier molecular flexibility index (Phi) is 3.40. The normalized spacial score (nSPS) is 17.6. The zero-order valence-corrected chi connectivity index (χ0v) is 8.66. The van der Waals surface area contributed by atoms with Crippen molar-refractivity contribution in [3.05, 3.63) is 24.2 Å². The minimum atomic E-state index is 0.0864. The van der Waals surface area contributed by atoms with Gasteiger partial charge in [0.25, 0.3) is 0 Å². The van der Waals surface area contributed by atoms with Crippen LogP contribution in [0.5, 0.6) is 0 Å². The molecule has 2 heterocycles. The maximum atomic E-state index is 11.6. The van der Waals surface area contributed by atoms with Crippen molar-refractivity contribution in [1.29, 1.82) is 0 Å². The maximum absolute atomic E-state index is 11.6. The first-order valence-corrected chi connectivity index (χ1v) is 5.36. The van der Waals surface area contributed by atoms with Gasteiger partial charge in [-0.25, -0.2) is 0 Å². The third-order valence-corrected chi connectivity index (χ3v) is 2.65. The van der Waals surface area contributed by atoms with E-state index < -0.39 is 0 Å². The Balaban J connectivity index is 1.76. The summed E-state index contributed by atoms with van der Waals surface area (Å²) in [6, 6.07) is 2.16. The molecule has 1 fully saturated rings. The van der Waals surface area contributed by atoms with Gasteiger partial charge in [0.15, 0.2) is 0 Å². The van der Waals surface area contributed by atoms with Crippen molar-refractivity contribution >= 4 is 5.91 Å². The van der Waals surface area contributed by atoms with Crippen molar-refractivity contribution in [3.63, 3.8) is 0 Å². The fraction of sp³-hybridized carbons (Fsp3) is 0.545. The van der Waals surface area contributed by atoms with Gasteiger partial charge in [0.2, 0.25) is 5.91 Å². The van der Waals surface area contributed by atoms with E-state index in [-0.39, 0.29) is 5.91 Å². The zero-order valence-electron chi connectivity index (χ0n) is 8.66. The Morgan fingerprint density at radius 3 is 3.00 bits per heavy atom. The Morgan fingerprint density at radius 1 is 1.53 bits per heavy atom. The highest BCUT2D eigenvalue weighted by Gasteiger charge is 2.15. The van der Waals surface area contributed by atoms with Crippen LogP contribution in [0, 0.1) is 0 Å². The Bertz CT molecular complexity index is 302. The highest BCUT2D eigenvalue weighted by atomic mass is 16.3. The SMILES string of the molecule is O=C(Cc1ccoc1)NC1CCNCC1. The third-order valence-electron chi connectivity index (χ3n) is 2.65. The zero-order chi connectivity index (χ0) is 10.5. The van der Waals surface area contributed by atoms with Crippen LogP contribution in [0.15, 0.2) is 23.0 Å². The third kappa shape index (κ3) is 3.09. The van der Waals surface area contributed by atoms with E-state index >= 15 is 0 Å². The summed E-state index contributed by atoms with van der Waals surface area (Å²) in [4.78, 5) is 11.6. The topological polar surface area (TPSA) is 54.3 Å². The fourth-order valence-corrected chi connectivity index (χ4v) is 1.82. The molecule has 4 nitrogen and oxygen atoms in total. The second-order valence-corrected chi connectivity index (χ2v) is 3.90. The molecule has 0 atom stereocenters. The number of hydrogen-bond acceptors (Lipinski definition) is 3. The van der Waals surface area contributed by atoms with Crippen molar-refractivity contribution < 1.29 is 9.21 Å². The second-order valence-electron chi connectivity index (χ2n) is 3.90. The summed E-state index contributed by atoms with van der Waals surface area (Å²) < 4.78 is 4.92. The molecule has 1 aliphatic rings. The summed E-state index contributed by atoms with van der Waals surface area (Å²) in [5, 5.41) is 6.30. The molecule has 0 spiro atoms. The van der Waals surface area contributed by atoms with E-state index in [9.17, 15) is 4.79 Å². The van der Waals surface area contributed by atoms with Gasteiger partial charge in [0.1, 0.15) is 0 Å². The number of amides is 1. The van der Waals surface area contributed by atoms with Gasteiger partial charge in [-0.15, -0.1) is 0 Å². The molecule has 1 amide bonds. The number of carbonyl (C=O) groups is 1. The molecule has 0 aliphatic carbocycles. The van der Waals surface area contributed by atoms with Gasteiger partial charge in [0, 0.05) is 6.04 Å². The molecule has 0 unspecified atom stereocenters. The van der Waals surface area contributed by atoms with E-state index in [0.717, 1.165) is 31.5 Å². The van der Waals surface area contributed by atoms with Crippen molar-refractivity contribution in [1.82, 2.24) is 10.6 Å². The summed E-state index contributed by atoms with van der Waals surface area (Å²) in [5.74, 6) is 0.0864. The fourth-order valence-electron chi connectivity index (χ4n) is 1.82. The van der Waals surface area contributed by atoms with Crippen LogP contribution in [0.2, 0.25) is 0 Å². The van der Waals surface area contributed by atoms with E-state index in [0.29, 0.717) is 12.5 Å². The molecule has 4 heteroatoms. The van der Waals surface area contributed by atoms with Crippen molar-refractivity contribution in [3.8, 4) is 0 Å². The summed E-state index contributed by atoms with van der Waals surface area (Å²) in [7, 11) is 0. The van der Waals surface area contributed by atoms with Crippen LogP contribution in [0.3, 0.4) is 0 Å². The van der Waals surface area contributed by atoms with Crippen LogP contribution in [-0.2, 0) is 11.2 Å². The molecule has 2 rings (SSSR count). The van der Waals surface area contributed by atoms with E-state index in [2.05, 4.69) is 10.6 Å². The van der Waals surface area contributed by atoms with E-state index in [1.54, 1.807) is 12.5 Å². The molecular formula is C11H16N2O2. The number of piperidine rings is 1. The average Bonchev–Trinajstić information content (AvgIpc) is 2.71. The summed E-state index contributed by atoms with van der Waals surface area (Å²) >= 11 is 0. The van der Waals surface area contributed by atoms with Gasteiger partial charge in [0.05, 0.1) is 18.9 Å². The first kappa shape index (κ1) is 10.2. The van der Waals surface area contributed by atoms with Crippen LogP contribution in [0.25, 0.3) is 0 Å². The number of rotatable bonds is 3. The minimum absolute atomic E-state index is 0.0864. The van der Waals surface area contributed by atoms with Crippen LogP contribution >= 0.6 is 0 Å². The predicted molar refractivity (Wildman–Crippen MR) is 56.4 cm³/mol. The monoisotopic (exact) mass is 208 g/mol. The lowest BCUT2D eigenvalue weighted by molar-refractivity contribution is -0.121.